The molecule has 0 saturated heterocycles. The monoisotopic (exact) mass is 161 g/mol. The van der Waals surface area contributed by atoms with E-state index in [0.717, 1.165) is 5.92 Å². The van der Waals surface area contributed by atoms with Crippen molar-refractivity contribution < 1.29 is 0 Å². The smallest absolute Gasteiger partial charge is 0.0184 e. The Morgan fingerprint density at radius 2 is 1.75 bits per heavy atom. The average Bonchev–Trinajstić information content (AvgIpc) is 2.16. The number of benzene rings is 1. The van der Waals surface area contributed by atoms with Crippen molar-refractivity contribution in [2.75, 3.05) is 0 Å². The van der Waals surface area contributed by atoms with Crippen LogP contribution in [0.4, 0.5) is 0 Å². The minimum absolute atomic E-state index is 0.854. The van der Waals surface area contributed by atoms with Crippen LogP contribution in [-0.4, -0.2) is 0 Å². The molecule has 0 heteroatoms. The Labute approximate surface area is 75.6 Å². The van der Waals surface area contributed by atoms with Crippen molar-refractivity contribution in [3.8, 4) is 0 Å². The molecule has 0 saturated carbocycles. The van der Waals surface area contributed by atoms with E-state index in [4.69, 9.17) is 0 Å². The van der Waals surface area contributed by atoms with Crippen LogP contribution in [0.3, 0.4) is 0 Å². The van der Waals surface area contributed by atoms with Gasteiger partial charge < -0.3 is 0 Å². The highest BCUT2D eigenvalue weighted by molar-refractivity contribution is 5.14. The fraction of sp³-hybridized carbons (Fsp3) is 0.500. The summed E-state index contributed by atoms with van der Waals surface area (Å²) in [6.07, 6.45) is 3.80. The highest BCUT2D eigenvalue weighted by atomic mass is 14.1. The molecule has 0 bridgehead atoms. The Bertz CT molecular complexity index is 197. The second-order valence-electron chi connectivity index (χ2n) is 3.29. The van der Waals surface area contributed by atoms with E-state index in [1.807, 2.05) is 12.1 Å². The molecule has 0 aromatic heterocycles. The predicted octanol–water partition coefficient (Wildman–Crippen LogP) is 3.47. The Hall–Kier alpha value is -0.780. The lowest BCUT2D eigenvalue weighted by Gasteiger charge is -2.11. The first-order valence-corrected chi connectivity index (χ1v) is 4.81. The lowest BCUT2D eigenvalue weighted by Crippen LogP contribution is -2.00. The largest absolute Gasteiger partial charge is 0.0651 e. The zero-order valence-corrected chi connectivity index (χ0v) is 8.01. The Morgan fingerprint density at radius 3 is 2.25 bits per heavy atom. The first kappa shape index (κ1) is 9.31. The van der Waals surface area contributed by atoms with Gasteiger partial charge >= 0.3 is 0 Å². The second kappa shape index (κ2) is 4.97. The Balaban J connectivity index is 2.51. The molecule has 1 radical (unpaired) electrons. The van der Waals surface area contributed by atoms with Crippen LogP contribution >= 0.6 is 0 Å². The van der Waals surface area contributed by atoms with Gasteiger partial charge in [0.1, 0.15) is 0 Å². The van der Waals surface area contributed by atoms with Gasteiger partial charge in [-0.3, -0.25) is 0 Å². The van der Waals surface area contributed by atoms with E-state index in [-0.39, 0.29) is 0 Å². The highest BCUT2D eigenvalue weighted by Crippen LogP contribution is 2.14. The van der Waals surface area contributed by atoms with E-state index < -0.39 is 0 Å². The van der Waals surface area contributed by atoms with E-state index in [1.54, 1.807) is 0 Å². The van der Waals surface area contributed by atoms with Crippen molar-refractivity contribution in [1.82, 2.24) is 0 Å². The van der Waals surface area contributed by atoms with Crippen molar-refractivity contribution in [3.63, 3.8) is 0 Å². The maximum Gasteiger partial charge on any atom is -0.0184 e. The van der Waals surface area contributed by atoms with Crippen LogP contribution in [0.25, 0.3) is 0 Å². The summed E-state index contributed by atoms with van der Waals surface area (Å²) < 4.78 is 0. The molecule has 0 spiro atoms. The molecule has 0 aliphatic carbocycles. The molecule has 0 heterocycles. The Morgan fingerprint density at radius 1 is 1.17 bits per heavy atom. The summed E-state index contributed by atoms with van der Waals surface area (Å²) in [6, 6.07) is 11.4. The van der Waals surface area contributed by atoms with Crippen LogP contribution in [-0.2, 0) is 6.42 Å². The summed E-state index contributed by atoms with van der Waals surface area (Å²) in [5.74, 6) is 0.854. The van der Waals surface area contributed by atoms with Gasteiger partial charge in [-0.25, -0.2) is 0 Å². The van der Waals surface area contributed by atoms with Gasteiger partial charge in [-0.1, -0.05) is 51.0 Å². The van der Waals surface area contributed by atoms with Crippen LogP contribution in [0.5, 0.6) is 0 Å². The van der Waals surface area contributed by atoms with Crippen LogP contribution in [0.1, 0.15) is 32.3 Å². The van der Waals surface area contributed by atoms with Gasteiger partial charge in [0.25, 0.3) is 0 Å². The maximum atomic E-state index is 3.04. The van der Waals surface area contributed by atoms with Gasteiger partial charge in [0.2, 0.25) is 0 Å². The first-order valence-electron chi connectivity index (χ1n) is 4.81. The Kier molecular flexibility index (Phi) is 3.86. The van der Waals surface area contributed by atoms with E-state index in [1.165, 1.54) is 24.8 Å². The molecule has 0 N–H and O–H groups in total. The molecule has 0 aliphatic rings. The van der Waals surface area contributed by atoms with Crippen LogP contribution < -0.4 is 0 Å². The van der Waals surface area contributed by atoms with Crippen LogP contribution in [0.2, 0.25) is 0 Å². The van der Waals surface area contributed by atoms with Gasteiger partial charge in [-0.05, 0) is 24.0 Å². The van der Waals surface area contributed by atoms with Crippen LogP contribution in [0.15, 0.2) is 24.3 Å². The zero-order valence-electron chi connectivity index (χ0n) is 8.01. The van der Waals surface area contributed by atoms with Crippen molar-refractivity contribution in [1.29, 1.82) is 0 Å². The number of rotatable bonds is 4. The fourth-order valence-corrected chi connectivity index (χ4v) is 1.47. The molecule has 0 fully saturated rings. The summed E-state index contributed by atoms with van der Waals surface area (Å²) in [7, 11) is 0. The summed E-state index contributed by atoms with van der Waals surface area (Å²) in [4.78, 5) is 0. The SMILES string of the molecule is CCC(CC)Cc1cc[c]cc1. The molecule has 0 amide bonds. The van der Waals surface area contributed by atoms with E-state index in [2.05, 4.69) is 32.0 Å². The van der Waals surface area contributed by atoms with Crippen molar-refractivity contribution in [3.05, 3.63) is 35.9 Å². The standard InChI is InChI=1S/C12H17/c1-3-11(4-2)10-12-8-6-5-7-9-12/h6-9,11H,3-4,10H2,1-2H3. The third kappa shape index (κ3) is 2.69. The van der Waals surface area contributed by atoms with Crippen molar-refractivity contribution in [2.24, 2.45) is 5.92 Å². The molecule has 65 valence electrons. The van der Waals surface area contributed by atoms with Gasteiger partial charge in [-0.2, -0.15) is 0 Å². The molecule has 0 nitrogen and oxygen atoms in total. The minimum atomic E-state index is 0.854. The number of hydrogen-bond acceptors (Lipinski definition) is 0. The quantitative estimate of drug-likeness (QED) is 0.634. The second-order valence-corrected chi connectivity index (χ2v) is 3.29. The molecule has 1 aromatic rings. The first-order chi connectivity index (χ1) is 5.86. The third-order valence-electron chi connectivity index (χ3n) is 2.47. The molecule has 0 unspecified atom stereocenters. The van der Waals surface area contributed by atoms with Gasteiger partial charge in [0.15, 0.2) is 0 Å². The molecular formula is C12H17. The summed E-state index contributed by atoms with van der Waals surface area (Å²) in [5.41, 5.74) is 1.45. The summed E-state index contributed by atoms with van der Waals surface area (Å²) in [6.45, 7) is 4.53. The highest BCUT2D eigenvalue weighted by Gasteiger charge is 2.03. The third-order valence-corrected chi connectivity index (χ3v) is 2.47. The van der Waals surface area contributed by atoms with Gasteiger partial charge in [-0.15, -0.1) is 0 Å². The maximum absolute atomic E-state index is 3.04. The summed E-state index contributed by atoms with van der Waals surface area (Å²) >= 11 is 0. The number of hydrogen-bond donors (Lipinski definition) is 0. The van der Waals surface area contributed by atoms with E-state index in [9.17, 15) is 0 Å². The van der Waals surface area contributed by atoms with E-state index in [0.29, 0.717) is 0 Å². The molecule has 0 aliphatic heterocycles. The summed E-state index contributed by atoms with van der Waals surface area (Å²) in [5, 5.41) is 0. The van der Waals surface area contributed by atoms with Gasteiger partial charge in [0.05, 0.1) is 0 Å². The molecule has 1 aromatic carbocycles. The lowest BCUT2D eigenvalue weighted by molar-refractivity contribution is 0.490. The minimum Gasteiger partial charge on any atom is -0.0651 e. The normalized spacial score (nSPS) is 10.6. The van der Waals surface area contributed by atoms with Crippen molar-refractivity contribution in [2.45, 2.75) is 33.1 Å². The fourth-order valence-electron chi connectivity index (χ4n) is 1.47. The van der Waals surface area contributed by atoms with Gasteiger partial charge in [0, 0.05) is 0 Å². The van der Waals surface area contributed by atoms with E-state index >= 15 is 0 Å². The molecule has 1 rings (SSSR count). The molecule has 12 heavy (non-hydrogen) atoms. The molecular weight excluding hydrogens is 144 g/mol. The topological polar surface area (TPSA) is 0 Å². The van der Waals surface area contributed by atoms with Crippen molar-refractivity contribution >= 4 is 0 Å². The molecule has 0 atom stereocenters. The predicted molar refractivity (Wildman–Crippen MR) is 53.1 cm³/mol. The lowest BCUT2D eigenvalue weighted by atomic mass is 9.95. The zero-order chi connectivity index (χ0) is 8.81. The van der Waals surface area contributed by atoms with Crippen LogP contribution in [0, 0.1) is 12.0 Å². The average molecular weight is 161 g/mol.